The van der Waals surface area contributed by atoms with Crippen LogP contribution in [0.1, 0.15) is 79.5 Å². The van der Waals surface area contributed by atoms with Gasteiger partial charge in [0.25, 0.3) is 0 Å². The molecule has 0 aliphatic heterocycles. The summed E-state index contributed by atoms with van der Waals surface area (Å²) in [5.74, 6) is 0. The maximum absolute atomic E-state index is 4.46. The fourth-order valence-electron chi connectivity index (χ4n) is 4.03. The molecule has 0 unspecified atom stereocenters. The number of thiophene rings is 1. The highest BCUT2D eigenvalue weighted by Gasteiger charge is 2.40. The van der Waals surface area contributed by atoms with E-state index in [1.165, 1.54) is 40.0 Å². The lowest BCUT2D eigenvalue weighted by Gasteiger charge is -2.39. The molecule has 3 rings (SSSR count). The summed E-state index contributed by atoms with van der Waals surface area (Å²) in [7, 11) is 0. The molecule has 0 fully saturated rings. The van der Waals surface area contributed by atoms with E-state index >= 15 is 0 Å². The molecule has 0 amide bonds. The van der Waals surface area contributed by atoms with Gasteiger partial charge in [0.2, 0.25) is 0 Å². The Labute approximate surface area is 151 Å². The van der Waals surface area contributed by atoms with Crippen molar-refractivity contribution in [1.82, 2.24) is 0 Å². The second-order valence-corrected chi connectivity index (χ2v) is 9.58. The predicted molar refractivity (Wildman–Crippen MR) is 108 cm³/mol. The van der Waals surface area contributed by atoms with E-state index in [1.807, 2.05) is 11.3 Å². The number of benzene rings is 1. The summed E-state index contributed by atoms with van der Waals surface area (Å²) >= 11 is 1.98. The molecular formula is C23H30S. The first-order valence-electron chi connectivity index (χ1n) is 9.10. The molecule has 128 valence electrons. The summed E-state index contributed by atoms with van der Waals surface area (Å²) in [5, 5.41) is 0. The van der Waals surface area contributed by atoms with Crippen molar-refractivity contribution in [3.63, 3.8) is 0 Å². The Balaban J connectivity index is 2.09. The molecule has 0 bridgehead atoms. The van der Waals surface area contributed by atoms with Crippen molar-refractivity contribution in [2.24, 2.45) is 0 Å². The van der Waals surface area contributed by atoms with Gasteiger partial charge in [-0.05, 0) is 64.8 Å². The van der Waals surface area contributed by atoms with Crippen molar-refractivity contribution < 1.29 is 0 Å². The third kappa shape index (κ3) is 2.77. The largest absolute Gasteiger partial charge is 0.139 e. The van der Waals surface area contributed by atoms with Gasteiger partial charge < -0.3 is 0 Å². The van der Waals surface area contributed by atoms with Crippen LogP contribution in [-0.4, -0.2) is 0 Å². The summed E-state index contributed by atoms with van der Waals surface area (Å²) < 4.78 is 0. The Hall–Kier alpha value is -1.34. The van der Waals surface area contributed by atoms with Crippen LogP contribution in [0.15, 0.2) is 30.8 Å². The van der Waals surface area contributed by atoms with Crippen LogP contribution < -0.4 is 0 Å². The first-order valence-corrected chi connectivity index (χ1v) is 9.92. The van der Waals surface area contributed by atoms with Crippen molar-refractivity contribution in [2.75, 3.05) is 0 Å². The van der Waals surface area contributed by atoms with Crippen molar-refractivity contribution in [1.29, 1.82) is 0 Å². The molecule has 1 aromatic carbocycles. The van der Waals surface area contributed by atoms with Gasteiger partial charge in [-0.25, -0.2) is 0 Å². The van der Waals surface area contributed by atoms with Gasteiger partial charge in [-0.1, -0.05) is 65.5 Å². The lowest BCUT2D eigenvalue weighted by Crippen LogP contribution is -2.32. The van der Waals surface area contributed by atoms with Crippen LogP contribution in [0, 0.1) is 6.92 Å². The van der Waals surface area contributed by atoms with Crippen LogP contribution in [0.2, 0.25) is 0 Å². The first-order chi connectivity index (χ1) is 11.2. The summed E-state index contributed by atoms with van der Waals surface area (Å²) in [6, 6.07) is 8.93. The smallest absolute Gasteiger partial charge is 0.0378 e. The molecule has 1 heterocycles. The minimum Gasteiger partial charge on any atom is -0.139 e. The number of hydrogen-bond acceptors (Lipinski definition) is 1. The SMILES string of the molecule is C=C(c1ccc(CC)cc1)c1sc2c(c1C)C(C)(C)CCC2(C)C. The zero-order valence-electron chi connectivity index (χ0n) is 16.0. The van der Waals surface area contributed by atoms with E-state index in [1.54, 1.807) is 10.4 Å². The lowest BCUT2D eigenvalue weighted by molar-refractivity contribution is 0.337. The second-order valence-electron chi connectivity index (χ2n) is 8.56. The van der Waals surface area contributed by atoms with Gasteiger partial charge in [0.15, 0.2) is 0 Å². The minimum absolute atomic E-state index is 0.274. The number of aryl methyl sites for hydroxylation is 1. The summed E-state index contributed by atoms with van der Waals surface area (Å²) in [6.45, 7) is 18.6. The zero-order valence-corrected chi connectivity index (χ0v) is 16.9. The molecule has 1 heteroatoms. The fraction of sp³-hybridized carbons (Fsp3) is 0.478. The van der Waals surface area contributed by atoms with Gasteiger partial charge >= 0.3 is 0 Å². The average Bonchev–Trinajstić information content (AvgIpc) is 2.91. The van der Waals surface area contributed by atoms with E-state index in [2.05, 4.69) is 72.4 Å². The van der Waals surface area contributed by atoms with Gasteiger partial charge in [0, 0.05) is 9.75 Å². The van der Waals surface area contributed by atoms with Crippen molar-refractivity contribution >= 4 is 16.9 Å². The normalized spacial score (nSPS) is 18.2. The zero-order chi connectivity index (χ0) is 17.7. The van der Waals surface area contributed by atoms with Gasteiger partial charge in [-0.15, -0.1) is 11.3 Å². The molecule has 2 aromatic rings. The first kappa shape index (κ1) is 17.5. The highest BCUT2D eigenvalue weighted by Crippen LogP contribution is 2.52. The van der Waals surface area contributed by atoms with E-state index in [0.29, 0.717) is 0 Å². The third-order valence-electron chi connectivity index (χ3n) is 5.80. The highest BCUT2D eigenvalue weighted by molar-refractivity contribution is 7.13. The van der Waals surface area contributed by atoms with Crippen molar-refractivity contribution in [3.05, 3.63) is 62.9 Å². The maximum Gasteiger partial charge on any atom is 0.0378 e. The molecule has 0 saturated carbocycles. The molecule has 24 heavy (non-hydrogen) atoms. The van der Waals surface area contributed by atoms with E-state index in [4.69, 9.17) is 0 Å². The number of rotatable bonds is 3. The molecule has 1 aliphatic rings. The maximum atomic E-state index is 4.46. The van der Waals surface area contributed by atoms with Crippen molar-refractivity contribution in [2.45, 2.75) is 71.6 Å². The molecule has 0 N–H and O–H groups in total. The highest BCUT2D eigenvalue weighted by atomic mass is 32.1. The van der Waals surface area contributed by atoms with Crippen LogP contribution >= 0.6 is 11.3 Å². The third-order valence-corrected chi connectivity index (χ3v) is 7.52. The van der Waals surface area contributed by atoms with Gasteiger partial charge in [0.1, 0.15) is 0 Å². The lowest BCUT2D eigenvalue weighted by atomic mass is 9.66. The van der Waals surface area contributed by atoms with Crippen LogP contribution in [-0.2, 0) is 17.3 Å². The Morgan fingerprint density at radius 3 is 2.17 bits per heavy atom. The minimum atomic E-state index is 0.274. The van der Waals surface area contributed by atoms with Gasteiger partial charge in [-0.3, -0.25) is 0 Å². The Morgan fingerprint density at radius 1 is 1.04 bits per heavy atom. The van der Waals surface area contributed by atoms with E-state index < -0.39 is 0 Å². The van der Waals surface area contributed by atoms with E-state index in [9.17, 15) is 0 Å². The van der Waals surface area contributed by atoms with E-state index in [0.717, 1.165) is 6.42 Å². The monoisotopic (exact) mass is 338 g/mol. The number of fused-ring (bicyclic) bond motifs is 1. The molecule has 0 radical (unpaired) electrons. The quantitative estimate of drug-likeness (QED) is 0.563. The standard InChI is InChI=1S/C23H30S/c1-8-17-9-11-18(12-10-17)15(2)20-16(3)19-21(24-20)23(6,7)14-13-22(19,4)5/h9-12H,2,8,13-14H2,1,3-7H3. The van der Waals surface area contributed by atoms with E-state index in [-0.39, 0.29) is 10.8 Å². The molecule has 1 aromatic heterocycles. The van der Waals surface area contributed by atoms with Crippen LogP contribution in [0.3, 0.4) is 0 Å². The molecule has 0 nitrogen and oxygen atoms in total. The summed E-state index contributed by atoms with van der Waals surface area (Å²) in [6.07, 6.45) is 3.62. The van der Waals surface area contributed by atoms with Crippen LogP contribution in [0.5, 0.6) is 0 Å². The predicted octanol–water partition coefficient (Wildman–Crippen LogP) is 7.03. The Bertz CT molecular complexity index is 769. The topological polar surface area (TPSA) is 0 Å². The van der Waals surface area contributed by atoms with Gasteiger partial charge in [0.05, 0.1) is 0 Å². The van der Waals surface area contributed by atoms with Crippen molar-refractivity contribution in [3.8, 4) is 0 Å². The molecular weight excluding hydrogens is 308 g/mol. The average molecular weight is 339 g/mol. The fourth-order valence-corrected chi connectivity index (χ4v) is 5.64. The molecule has 0 spiro atoms. The summed E-state index contributed by atoms with van der Waals surface area (Å²) in [4.78, 5) is 2.96. The second kappa shape index (κ2) is 5.88. The molecule has 1 aliphatic carbocycles. The van der Waals surface area contributed by atoms with Gasteiger partial charge in [-0.2, -0.15) is 0 Å². The Morgan fingerprint density at radius 2 is 1.62 bits per heavy atom. The van der Waals surface area contributed by atoms with Crippen LogP contribution in [0.25, 0.3) is 5.57 Å². The summed E-state index contributed by atoms with van der Waals surface area (Å²) in [5.41, 5.74) is 7.42. The Kier molecular flexibility index (Phi) is 4.28. The van der Waals surface area contributed by atoms with Crippen LogP contribution in [0.4, 0.5) is 0 Å². The molecule has 0 saturated heterocycles. The number of hydrogen-bond donors (Lipinski definition) is 0. The molecule has 0 atom stereocenters.